The summed E-state index contributed by atoms with van der Waals surface area (Å²) in [6.07, 6.45) is 0.654. The summed E-state index contributed by atoms with van der Waals surface area (Å²) in [6.45, 7) is 1.11. The molecule has 0 amide bonds. The molecule has 0 radical (unpaired) electrons. The molecule has 2 atom stereocenters. The highest BCUT2D eigenvalue weighted by Gasteiger charge is 2.24. The van der Waals surface area contributed by atoms with Crippen LogP contribution in [0, 0.1) is 6.92 Å². The number of aryl methyl sites for hydroxylation is 2. The Balaban J connectivity index is 1.41. The molecule has 39 heavy (non-hydrogen) atoms. The van der Waals surface area contributed by atoms with Crippen molar-refractivity contribution in [1.29, 1.82) is 0 Å². The van der Waals surface area contributed by atoms with Crippen molar-refractivity contribution < 1.29 is 42.7 Å². The van der Waals surface area contributed by atoms with E-state index in [0.29, 0.717) is 17.9 Å². The first-order valence-electron chi connectivity index (χ1n) is 12.3. The van der Waals surface area contributed by atoms with Crippen molar-refractivity contribution in [3.8, 4) is 22.6 Å². The van der Waals surface area contributed by atoms with Gasteiger partial charge in [0.1, 0.15) is 17.5 Å². The minimum Gasteiger partial charge on any atom is -0.480 e. The SMILES string of the molecule is Cc1ccc(-c2ccc(Oc3ccccc3CCC(=O)OCCCOP(=O)(O)OC[C@H](N)C(=O)O)cc2)cc1. The molecule has 11 heteroatoms. The number of carbonyl (C=O) groups excluding carboxylic acids is 1. The summed E-state index contributed by atoms with van der Waals surface area (Å²) in [7, 11) is -4.46. The summed E-state index contributed by atoms with van der Waals surface area (Å²) in [6, 6.07) is 22.1. The van der Waals surface area contributed by atoms with Crippen LogP contribution in [0.5, 0.6) is 11.5 Å². The Kier molecular flexibility index (Phi) is 11.2. The number of hydrogen-bond acceptors (Lipinski definition) is 8. The number of nitrogens with two attached hydrogens (primary N) is 1. The third-order valence-electron chi connectivity index (χ3n) is 5.58. The number of carboxylic acid groups (broad SMARTS) is 1. The molecule has 3 aromatic rings. The first kappa shape index (κ1) is 30.0. The molecule has 3 aromatic carbocycles. The Hall–Kier alpha value is -3.53. The zero-order valence-electron chi connectivity index (χ0n) is 21.5. The second-order valence-electron chi connectivity index (χ2n) is 8.72. The Morgan fingerprint density at radius 1 is 0.923 bits per heavy atom. The first-order valence-corrected chi connectivity index (χ1v) is 13.8. The molecule has 0 aliphatic heterocycles. The van der Waals surface area contributed by atoms with E-state index in [9.17, 15) is 19.0 Å². The smallest absolute Gasteiger partial charge is 0.472 e. The van der Waals surface area contributed by atoms with Crippen molar-refractivity contribution >= 4 is 19.8 Å². The summed E-state index contributed by atoms with van der Waals surface area (Å²) in [5, 5.41) is 8.65. The molecule has 208 valence electrons. The van der Waals surface area contributed by atoms with Crippen molar-refractivity contribution in [2.24, 2.45) is 5.73 Å². The van der Waals surface area contributed by atoms with E-state index in [1.54, 1.807) is 0 Å². The molecule has 0 aliphatic rings. The van der Waals surface area contributed by atoms with Gasteiger partial charge in [-0.25, -0.2) is 4.57 Å². The van der Waals surface area contributed by atoms with Crippen molar-refractivity contribution in [3.63, 3.8) is 0 Å². The van der Waals surface area contributed by atoms with Crippen LogP contribution in [0.25, 0.3) is 11.1 Å². The average Bonchev–Trinajstić information content (AvgIpc) is 2.92. The Bertz CT molecular complexity index is 1280. The van der Waals surface area contributed by atoms with Gasteiger partial charge in [0.2, 0.25) is 0 Å². The number of rotatable bonds is 15. The lowest BCUT2D eigenvalue weighted by atomic mass is 10.0. The summed E-state index contributed by atoms with van der Waals surface area (Å²) in [5.74, 6) is -0.495. The second-order valence-corrected chi connectivity index (χ2v) is 10.2. The number of carbonyl (C=O) groups is 2. The predicted molar refractivity (Wildman–Crippen MR) is 144 cm³/mol. The van der Waals surface area contributed by atoms with E-state index >= 15 is 0 Å². The molecule has 0 spiro atoms. The Labute approximate surface area is 226 Å². The molecule has 3 rings (SSSR count). The molecular formula is C28H32NO9P. The second kappa shape index (κ2) is 14.6. The van der Waals surface area contributed by atoms with Gasteiger partial charge in [0.05, 0.1) is 19.8 Å². The predicted octanol–water partition coefficient (Wildman–Crippen LogP) is 4.87. The third-order valence-corrected chi connectivity index (χ3v) is 6.56. The van der Waals surface area contributed by atoms with Crippen LogP contribution in [-0.2, 0) is 34.4 Å². The van der Waals surface area contributed by atoms with Crippen molar-refractivity contribution in [3.05, 3.63) is 83.9 Å². The van der Waals surface area contributed by atoms with Crippen LogP contribution in [0.4, 0.5) is 0 Å². The number of carboxylic acids is 1. The Morgan fingerprint density at radius 3 is 2.23 bits per heavy atom. The van der Waals surface area contributed by atoms with E-state index in [1.807, 2.05) is 55.5 Å². The van der Waals surface area contributed by atoms with Gasteiger partial charge in [0, 0.05) is 12.8 Å². The molecule has 0 aromatic heterocycles. The molecule has 10 nitrogen and oxygen atoms in total. The van der Waals surface area contributed by atoms with E-state index in [0.717, 1.165) is 16.7 Å². The lowest BCUT2D eigenvalue weighted by Gasteiger charge is -2.14. The van der Waals surface area contributed by atoms with Gasteiger partial charge in [0.25, 0.3) is 0 Å². The lowest BCUT2D eigenvalue weighted by Crippen LogP contribution is -2.34. The highest BCUT2D eigenvalue weighted by Crippen LogP contribution is 2.43. The monoisotopic (exact) mass is 557 g/mol. The van der Waals surface area contributed by atoms with Crippen LogP contribution in [-0.4, -0.2) is 47.8 Å². The number of benzene rings is 3. The number of aliphatic carboxylic acids is 1. The van der Waals surface area contributed by atoms with Gasteiger partial charge in [-0.2, -0.15) is 0 Å². The molecule has 0 saturated heterocycles. The zero-order valence-corrected chi connectivity index (χ0v) is 22.4. The van der Waals surface area contributed by atoms with Crippen LogP contribution >= 0.6 is 7.82 Å². The number of ether oxygens (including phenoxy) is 2. The third kappa shape index (κ3) is 10.3. The molecule has 4 N–H and O–H groups in total. The largest absolute Gasteiger partial charge is 0.480 e. The van der Waals surface area contributed by atoms with Gasteiger partial charge in [-0.3, -0.25) is 18.6 Å². The minimum absolute atomic E-state index is 0.0288. The molecule has 0 aliphatic carbocycles. The summed E-state index contributed by atoms with van der Waals surface area (Å²) in [4.78, 5) is 32.3. The maximum atomic E-state index is 12.2. The maximum absolute atomic E-state index is 12.2. The van der Waals surface area contributed by atoms with Crippen molar-refractivity contribution in [2.75, 3.05) is 19.8 Å². The van der Waals surface area contributed by atoms with Crippen LogP contribution in [0.3, 0.4) is 0 Å². The molecule has 0 heterocycles. The average molecular weight is 558 g/mol. The fourth-order valence-corrected chi connectivity index (χ4v) is 4.20. The highest BCUT2D eigenvalue weighted by molar-refractivity contribution is 7.47. The summed E-state index contributed by atoms with van der Waals surface area (Å²) >= 11 is 0. The van der Waals surface area contributed by atoms with Crippen molar-refractivity contribution in [2.45, 2.75) is 32.2 Å². The molecule has 0 bridgehead atoms. The van der Waals surface area contributed by atoms with E-state index in [-0.39, 0.29) is 26.1 Å². The van der Waals surface area contributed by atoms with Gasteiger partial charge in [-0.05, 0) is 48.2 Å². The standard InChI is InChI=1S/C28H32NO9P/c1-20-7-9-21(10-8-20)22-11-14-24(15-12-22)38-26-6-3-2-5-23(26)13-16-27(30)35-17-4-18-36-39(33,34)37-19-25(29)28(31)32/h2-3,5-12,14-15,25H,4,13,16-19,29H2,1H3,(H,31,32)(H,33,34)/t25-/m0/s1. The highest BCUT2D eigenvalue weighted by atomic mass is 31.2. The fraction of sp³-hybridized carbons (Fsp3) is 0.286. The number of esters is 1. The van der Waals surface area contributed by atoms with E-state index in [4.69, 9.17) is 24.8 Å². The van der Waals surface area contributed by atoms with Crippen LogP contribution in [0.1, 0.15) is 24.0 Å². The van der Waals surface area contributed by atoms with Gasteiger partial charge >= 0.3 is 19.8 Å². The fourth-order valence-electron chi connectivity index (χ4n) is 3.42. The van der Waals surface area contributed by atoms with Gasteiger partial charge in [0.15, 0.2) is 0 Å². The quantitative estimate of drug-likeness (QED) is 0.134. The first-order chi connectivity index (χ1) is 18.6. The maximum Gasteiger partial charge on any atom is 0.472 e. The zero-order chi connectivity index (χ0) is 28.3. The number of phosphoric ester groups is 1. The molecule has 1 unspecified atom stereocenters. The van der Waals surface area contributed by atoms with E-state index in [2.05, 4.69) is 28.8 Å². The normalized spacial score (nSPS) is 13.3. The molecular weight excluding hydrogens is 525 g/mol. The topological polar surface area (TPSA) is 155 Å². The molecule has 0 saturated carbocycles. The van der Waals surface area contributed by atoms with Crippen LogP contribution in [0.15, 0.2) is 72.8 Å². The lowest BCUT2D eigenvalue weighted by molar-refractivity contribution is -0.143. The van der Waals surface area contributed by atoms with E-state index in [1.165, 1.54) is 5.56 Å². The van der Waals surface area contributed by atoms with Crippen LogP contribution in [0.2, 0.25) is 0 Å². The van der Waals surface area contributed by atoms with Gasteiger partial charge in [-0.1, -0.05) is 60.2 Å². The van der Waals surface area contributed by atoms with Gasteiger partial charge < -0.3 is 25.2 Å². The van der Waals surface area contributed by atoms with Crippen molar-refractivity contribution in [1.82, 2.24) is 0 Å². The summed E-state index contributed by atoms with van der Waals surface area (Å²) in [5.41, 5.74) is 9.46. The number of hydrogen-bond donors (Lipinski definition) is 3. The van der Waals surface area contributed by atoms with Gasteiger partial charge in [-0.15, -0.1) is 0 Å². The van der Waals surface area contributed by atoms with Crippen LogP contribution < -0.4 is 10.5 Å². The minimum atomic E-state index is -4.46. The molecule has 0 fully saturated rings. The number of phosphoric acid groups is 1. The summed E-state index contributed by atoms with van der Waals surface area (Å²) < 4.78 is 32.2. The number of para-hydroxylation sites is 1. The Morgan fingerprint density at radius 2 is 1.56 bits per heavy atom. The van der Waals surface area contributed by atoms with E-state index < -0.39 is 32.4 Å².